The summed E-state index contributed by atoms with van der Waals surface area (Å²) in [6.07, 6.45) is 5.34. The highest BCUT2D eigenvalue weighted by atomic mass is 19.1. The molecular weight excluding hydrogens is 393 g/mol. The summed E-state index contributed by atoms with van der Waals surface area (Å²) >= 11 is 0. The van der Waals surface area contributed by atoms with Crippen LogP contribution in [0.5, 0.6) is 11.5 Å². The zero-order chi connectivity index (χ0) is 22.2. The van der Waals surface area contributed by atoms with E-state index in [4.69, 9.17) is 4.74 Å². The molecule has 6 heteroatoms. The molecule has 158 valence electrons. The second-order valence-corrected chi connectivity index (χ2v) is 6.85. The summed E-state index contributed by atoms with van der Waals surface area (Å²) in [5.41, 5.74) is 3.69. The summed E-state index contributed by atoms with van der Waals surface area (Å²) in [7, 11) is 1.71. The molecule has 0 fully saturated rings. The molecule has 0 saturated carbocycles. The molecule has 1 aromatic heterocycles. The third-order valence-electron chi connectivity index (χ3n) is 4.73. The number of pyridine rings is 1. The molecule has 0 spiro atoms. The normalized spacial score (nSPS) is 11.5. The van der Waals surface area contributed by atoms with Crippen molar-refractivity contribution in [2.75, 3.05) is 7.05 Å². The van der Waals surface area contributed by atoms with Crippen molar-refractivity contribution in [1.82, 2.24) is 10.3 Å². The van der Waals surface area contributed by atoms with Gasteiger partial charge in [0, 0.05) is 48.8 Å². The Labute approximate surface area is 181 Å². The number of halogens is 1. The van der Waals surface area contributed by atoms with Gasteiger partial charge in [0.1, 0.15) is 17.3 Å². The third-order valence-corrected chi connectivity index (χ3v) is 4.73. The highest BCUT2D eigenvalue weighted by Gasteiger charge is 2.13. The lowest BCUT2D eigenvalue weighted by Gasteiger charge is -2.13. The van der Waals surface area contributed by atoms with Crippen molar-refractivity contribution >= 4 is 17.7 Å². The van der Waals surface area contributed by atoms with Gasteiger partial charge in [-0.25, -0.2) is 4.39 Å². The highest BCUT2D eigenvalue weighted by Crippen LogP contribution is 2.28. The standard InChI is InChI=1S/C25H24FN3O2/c1-4-19(16-27-3)23-14-21(12-13-28-23)31-24-7-5-6-22(17(24)2)25(30)29-15-18-8-10-20(26)11-9-18/h4-14,16H,15H2,1-3H3,(H,29,30)/b19-4+,27-16?. The van der Waals surface area contributed by atoms with E-state index in [1.54, 1.807) is 49.8 Å². The average Bonchev–Trinajstić information content (AvgIpc) is 2.78. The number of aliphatic imine (C=N–C) groups is 1. The highest BCUT2D eigenvalue weighted by molar-refractivity contribution is 6.08. The van der Waals surface area contributed by atoms with Crippen molar-refractivity contribution in [3.63, 3.8) is 0 Å². The molecular formula is C25H24FN3O2. The maximum absolute atomic E-state index is 13.0. The van der Waals surface area contributed by atoms with Crippen LogP contribution in [0.4, 0.5) is 4.39 Å². The number of rotatable bonds is 7. The van der Waals surface area contributed by atoms with Gasteiger partial charge in [-0.2, -0.15) is 0 Å². The van der Waals surface area contributed by atoms with Gasteiger partial charge >= 0.3 is 0 Å². The van der Waals surface area contributed by atoms with Gasteiger partial charge in [0.2, 0.25) is 0 Å². The van der Waals surface area contributed by atoms with Crippen molar-refractivity contribution in [1.29, 1.82) is 0 Å². The monoisotopic (exact) mass is 417 g/mol. The molecule has 31 heavy (non-hydrogen) atoms. The number of nitrogens with zero attached hydrogens (tertiary/aromatic N) is 2. The summed E-state index contributed by atoms with van der Waals surface area (Å²) < 4.78 is 19.1. The van der Waals surface area contributed by atoms with Crippen LogP contribution in [0, 0.1) is 12.7 Å². The van der Waals surface area contributed by atoms with Crippen molar-refractivity contribution in [3.05, 3.63) is 95.1 Å². The quantitative estimate of drug-likeness (QED) is 0.527. The largest absolute Gasteiger partial charge is 0.457 e. The number of nitrogens with one attached hydrogen (secondary N) is 1. The molecule has 0 radical (unpaired) electrons. The summed E-state index contributed by atoms with van der Waals surface area (Å²) in [5.74, 6) is 0.662. The number of allylic oxidation sites excluding steroid dienone is 2. The second kappa shape index (κ2) is 10.3. The number of carbonyl (C=O) groups is 1. The molecule has 1 heterocycles. The fourth-order valence-electron chi connectivity index (χ4n) is 3.04. The Balaban J connectivity index is 1.76. The topological polar surface area (TPSA) is 63.6 Å². The Morgan fingerprint density at radius 1 is 1.19 bits per heavy atom. The average molecular weight is 417 g/mol. The van der Waals surface area contributed by atoms with Crippen LogP contribution in [0.3, 0.4) is 0 Å². The van der Waals surface area contributed by atoms with E-state index in [2.05, 4.69) is 15.3 Å². The van der Waals surface area contributed by atoms with Crippen LogP contribution in [0.15, 0.2) is 71.9 Å². The van der Waals surface area contributed by atoms with Crippen molar-refractivity contribution < 1.29 is 13.9 Å². The van der Waals surface area contributed by atoms with Crippen molar-refractivity contribution in [2.24, 2.45) is 4.99 Å². The Bertz CT molecular complexity index is 1120. The van der Waals surface area contributed by atoms with Crippen LogP contribution >= 0.6 is 0 Å². The molecule has 0 atom stereocenters. The van der Waals surface area contributed by atoms with Gasteiger partial charge in [0.25, 0.3) is 5.91 Å². The number of benzene rings is 2. The molecule has 0 aliphatic carbocycles. The predicted molar refractivity (Wildman–Crippen MR) is 121 cm³/mol. The number of aromatic nitrogens is 1. The van der Waals surface area contributed by atoms with Crippen LogP contribution < -0.4 is 10.1 Å². The Kier molecular flexibility index (Phi) is 7.27. The molecule has 1 N–H and O–H groups in total. The first kappa shape index (κ1) is 21.9. The molecule has 0 bridgehead atoms. The Morgan fingerprint density at radius 2 is 1.97 bits per heavy atom. The van der Waals surface area contributed by atoms with E-state index >= 15 is 0 Å². The molecule has 5 nitrogen and oxygen atoms in total. The predicted octanol–water partition coefficient (Wildman–Crippen LogP) is 5.36. The van der Waals surface area contributed by atoms with Gasteiger partial charge < -0.3 is 10.1 Å². The molecule has 1 amide bonds. The fraction of sp³-hybridized carbons (Fsp3) is 0.160. The lowest BCUT2D eigenvalue weighted by atomic mass is 10.1. The number of ether oxygens (including phenoxy) is 1. The van der Waals surface area contributed by atoms with Gasteiger partial charge in [-0.1, -0.05) is 24.3 Å². The van der Waals surface area contributed by atoms with E-state index in [0.29, 0.717) is 23.6 Å². The SMILES string of the molecule is C/C=C(\C=NC)c1cc(Oc2cccc(C(=O)NCc3ccc(F)cc3)c2C)ccn1. The maximum atomic E-state index is 13.0. The molecule has 0 saturated heterocycles. The number of hydrogen-bond acceptors (Lipinski definition) is 4. The first-order chi connectivity index (χ1) is 15.0. The Hall–Kier alpha value is -3.80. The summed E-state index contributed by atoms with van der Waals surface area (Å²) in [5, 5.41) is 2.86. The van der Waals surface area contributed by atoms with Crippen LogP contribution in [-0.4, -0.2) is 24.2 Å². The van der Waals surface area contributed by atoms with Gasteiger partial charge in [0.15, 0.2) is 0 Å². The third kappa shape index (κ3) is 5.63. The lowest BCUT2D eigenvalue weighted by molar-refractivity contribution is 0.0950. The van der Waals surface area contributed by atoms with Gasteiger partial charge in [0.05, 0.1) is 5.69 Å². The van der Waals surface area contributed by atoms with E-state index in [9.17, 15) is 9.18 Å². The first-order valence-corrected chi connectivity index (χ1v) is 9.87. The summed E-state index contributed by atoms with van der Waals surface area (Å²) in [6.45, 7) is 4.07. The fourth-order valence-corrected chi connectivity index (χ4v) is 3.04. The van der Waals surface area contributed by atoms with Gasteiger partial charge in [-0.15, -0.1) is 0 Å². The molecule has 3 aromatic rings. The van der Waals surface area contributed by atoms with E-state index in [1.807, 2.05) is 32.1 Å². The van der Waals surface area contributed by atoms with Gasteiger partial charge in [-0.05, 0) is 49.7 Å². The van der Waals surface area contributed by atoms with Crippen molar-refractivity contribution in [3.8, 4) is 11.5 Å². The molecule has 0 unspecified atom stereocenters. The minimum Gasteiger partial charge on any atom is -0.457 e. The minimum atomic E-state index is -0.307. The van der Waals surface area contributed by atoms with E-state index in [-0.39, 0.29) is 11.7 Å². The minimum absolute atomic E-state index is 0.224. The zero-order valence-corrected chi connectivity index (χ0v) is 17.7. The Morgan fingerprint density at radius 3 is 2.68 bits per heavy atom. The van der Waals surface area contributed by atoms with Crippen LogP contribution in [0.1, 0.15) is 34.1 Å². The van der Waals surface area contributed by atoms with Crippen molar-refractivity contribution in [2.45, 2.75) is 20.4 Å². The second-order valence-electron chi connectivity index (χ2n) is 6.85. The zero-order valence-electron chi connectivity index (χ0n) is 17.7. The van der Waals surface area contributed by atoms with E-state index < -0.39 is 0 Å². The van der Waals surface area contributed by atoms with Gasteiger partial charge in [-0.3, -0.25) is 14.8 Å². The maximum Gasteiger partial charge on any atom is 0.251 e. The molecule has 0 aliphatic rings. The van der Waals surface area contributed by atoms with Crippen LogP contribution in [-0.2, 0) is 6.54 Å². The number of amides is 1. The molecule has 0 aliphatic heterocycles. The molecule has 2 aromatic carbocycles. The number of hydrogen-bond donors (Lipinski definition) is 1. The van der Waals surface area contributed by atoms with E-state index in [1.165, 1.54) is 12.1 Å². The van der Waals surface area contributed by atoms with Crippen LogP contribution in [0.25, 0.3) is 5.57 Å². The summed E-state index contributed by atoms with van der Waals surface area (Å²) in [4.78, 5) is 21.1. The number of carbonyl (C=O) groups excluding carboxylic acids is 1. The van der Waals surface area contributed by atoms with E-state index in [0.717, 1.165) is 22.4 Å². The molecule has 3 rings (SSSR count). The van der Waals surface area contributed by atoms with Crippen LogP contribution in [0.2, 0.25) is 0 Å². The first-order valence-electron chi connectivity index (χ1n) is 9.87. The summed E-state index contributed by atoms with van der Waals surface area (Å²) in [6, 6.07) is 15.0. The smallest absolute Gasteiger partial charge is 0.251 e. The lowest BCUT2D eigenvalue weighted by Crippen LogP contribution is -2.23.